The number of anilines is 2. The van der Waals surface area contributed by atoms with Gasteiger partial charge in [0.25, 0.3) is 0 Å². The van der Waals surface area contributed by atoms with Crippen LogP contribution in [0.3, 0.4) is 0 Å². The first kappa shape index (κ1) is 15.1. The van der Waals surface area contributed by atoms with E-state index in [2.05, 4.69) is 42.9 Å². The number of hydrogen-bond donors (Lipinski definition) is 1. The van der Waals surface area contributed by atoms with E-state index in [0.717, 1.165) is 37.8 Å². The van der Waals surface area contributed by atoms with Gasteiger partial charge in [-0.05, 0) is 38.0 Å². The zero-order valence-corrected chi connectivity index (χ0v) is 13.4. The molecule has 1 N–H and O–H groups in total. The van der Waals surface area contributed by atoms with Gasteiger partial charge < -0.3 is 10.2 Å². The molecule has 1 fully saturated rings. The van der Waals surface area contributed by atoms with Crippen molar-refractivity contribution in [2.45, 2.75) is 53.4 Å². The average molecular weight is 276 g/mol. The van der Waals surface area contributed by atoms with Crippen LogP contribution in [0, 0.1) is 12.3 Å². The molecular weight excluding hydrogens is 248 g/mol. The lowest BCUT2D eigenvalue weighted by Gasteiger charge is -2.27. The molecular formula is C16H28N4. The van der Waals surface area contributed by atoms with Gasteiger partial charge in [-0.1, -0.05) is 20.8 Å². The first-order valence-corrected chi connectivity index (χ1v) is 7.96. The SMILES string of the molecule is CCCNc1ncc(C)c(N2CCC(CC)(CC)C2)n1. The topological polar surface area (TPSA) is 41.1 Å². The van der Waals surface area contributed by atoms with Gasteiger partial charge in [0, 0.05) is 31.4 Å². The van der Waals surface area contributed by atoms with E-state index in [1.54, 1.807) is 0 Å². The smallest absolute Gasteiger partial charge is 0.224 e. The molecule has 112 valence electrons. The molecule has 1 aromatic heterocycles. The van der Waals surface area contributed by atoms with Crippen LogP contribution in [0.2, 0.25) is 0 Å². The molecule has 1 aliphatic rings. The second kappa shape index (κ2) is 6.42. The van der Waals surface area contributed by atoms with Crippen LogP contribution in [0.5, 0.6) is 0 Å². The molecule has 0 spiro atoms. The molecule has 0 radical (unpaired) electrons. The van der Waals surface area contributed by atoms with Crippen LogP contribution >= 0.6 is 0 Å². The number of aryl methyl sites for hydroxylation is 1. The Labute approximate surface area is 123 Å². The third-order valence-electron chi connectivity index (χ3n) is 4.72. The maximum Gasteiger partial charge on any atom is 0.224 e. The van der Waals surface area contributed by atoms with Crippen molar-refractivity contribution >= 4 is 11.8 Å². The van der Waals surface area contributed by atoms with Crippen LogP contribution in [-0.4, -0.2) is 29.6 Å². The van der Waals surface area contributed by atoms with Gasteiger partial charge in [-0.15, -0.1) is 0 Å². The molecule has 1 saturated heterocycles. The Hall–Kier alpha value is -1.32. The number of rotatable bonds is 6. The second-order valence-corrected chi connectivity index (χ2v) is 6.01. The van der Waals surface area contributed by atoms with E-state index < -0.39 is 0 Å². The van der Waals surface area contributed by atoms with E-state index in [1.807, 2.05) is 6.20 Å². The molecule has 1 aromatic rings. The molecule has 0 bridgehead atoms. The minimum absolute atomic E-state index is 0.481. The largest absolute Gasteiger partial charge is 0.356 e. The summed E-state index contributed by atoms with van der Waals surface area (Å²) in [6.45, 7) is 12.1. The number of nitrogens with zero attached hydrogens (tertiary/aromatic N) is 3. The molecule has 2 heterocycles. The van der Waals surface area contributed by atoms with Crippen LogP contribution in [0.15, 0.2) is 6.20 Å². The highest BCUT2D eigenvalue weighted by Crippen LogP contribution is 2.39. The maximum absolute atomic E-state index is 4.73. The summed E-state index contributed by atoms with van der Waals surface area (Å²) < 4.78 is 0. The van der Waals surface area contributed by atoms with E-state index in [1.165, 1.54) is 24.8 Å². The third kappa shape index (κ3) is 3.05. The third-order valence-corrected chi connectivity index (χ3v) is 4.72. The fourth-order valence-electron chi connectivity index (χ4n) is 3.02. The zero-order chi connectivity index (χ0) is 14.6. The number of aromatic nitrogens is 2. The minimum atomic E-state index is 0.481. The van der Waals surface area contributed by atoms with Crippen molar-refractivity contribution in [2.75, 3.05) is 29.9 Å². The van der Waals surface area contributed by atoms with E-state index in [9.17, 15) is 0 Å². The molecule has 0 saturated carbocycles. The van der Waals surface area contributed by atoms with Crippen molar-refractivity contribution in [3.63, 3.8) is 0 Å². The standard InChI is InChI=1S/C16H28N4/c1-5-9-17-15-18-11-13(4)14(19-15)20-10-8-16(6-2,7-3)12-20/h11H,5-10,12H2,1-4H3,(H,17,18,19). The lowest BCUT2D eigenvalue weighted by atomic mass is 9.82. The zero-order valence-electron chi connectivity index (χ0n) is 13.4. The molecule has 1 aliphatic heterocycles. The first-order valence-electron chi connectivity index (χ1n) is 7.96. The molecule has 0 aromatic carbocycles. The fourth-order valence-corrected chi connectivity index (χ4v) is 3.02. The van der Waals surface area contributed by atoms with Crippen molar-refractivity contribution in [1.29, 1.82) is 0 Å². The molecule has 20 heavy (non-hydrogen) atoms. The van der Waals surface area contributed by atoms with E-state index >= 15 is 0 Å². The average Bonchev–Trinajstić information content (AvgIpc) is 2.91. The summed E-state index contributed by atoms with van der Waals surface area (Å²) in [4.78, 5) is 11.6. The molecule has 0 atom stereocenters. The van der Waals surface area contributed by atoms with Gasteiger partial charge >= 0.3 is 0 Å². The Bertz CT molecular complexity index is 440. The van der Waals surface area contributed by atoms with Gasteiger partial charge in [0.2, 0.25) is 5.95 Å². The highest BCUT2D eigenvalue weighted by Gasteiger charge is 2.35. The summed E-state index contributed by atoms with van der Waals surface area (Å²) in [7, 11) is 0. The van der Waals surface area contributed by atoms with Gasteiger partial charge in [-0.3, -0.25) is 0 Å². The Morgan fingerprint density at radius 2 is 2.05 bits per heavy atom. The molecule has 0 unspecified atom stereocenters. The van der Waals surface area contributed by atoms with Gasteiger partial charge in [0.1, 0.15) is 5.82 Å². The van der Waals surface area contributed by atoms with Crippen LogP contribution in [0.1, 0.15) is 52.0 Å². The van der Waals surface area contributed by atoms with Crippen molar-refractivity contribution < 1.29 is 0 Å². The number of hydrogen-bond acceptors (Lipinski definition) is 4. The highest BCUT2D eigenvalue weighted by atomic mass is 15.2. The lowest BCUT2D eigenvalue weighted by Crippen LogP contribution is -2.27. The van der Waals surface area contributed by atoms with Crippen LogP contribution in [-0.2, 0) is 0 Å². The molecule has 0 amide bonds. The monoisotopic (exact) mass is 276 g/mol. The Morgan fingerprint density at radius 3 is 2.65 bits per heavy atom. The van der Waals surface area contributed by atoms with Crippen LogP contribution in [0.4, 0.5) is 11.8 Å². The minimum Gasteiger partial charge on any atom is -0.356 e. The summed E-state index contributed by atoms with van der Waals surface area (Å²) in [5, 5.41) is 3.29. The highest BCUT2D eigenvalue weighted by molar-refractivity contribution is 5.50. The van der Waals surface area contributed by atoms with Crippen molar-refractivity contribution in [1.82, 2.24) is 9.97 Å². The van der Waals surface area contributed by atoms with Crippen molar-refractivity contribution in [3.05, 3.63) is 11.8 Å². The Balaban J connectivity index is 2.16. The fraction of sp³-hybridized carbons (Fsp3) is 0.750. The molecule has 4 heteroatoms. The Kier molecular flexibility index (Phi) is 4.84. The summed E-state index contributed by atoms with van der Waals surface area (Å²) in [6.07, 6.45) is 6.82. The normalized spacial score (nSPS) is 17.5. The molecule has 2 rings (SSSR count). The second-order valence-electron chi connectivity index (χ2n) is 6.01. The quantitative estimate of drug-likeness (QED) is 0.861. The predicted molar refractivity (Wildman–Crippen MR) is 85.4 cm³/mol. The van der Waals surface area contributed by atoms with E-state index in [-0.39, 0.29) is 0 Å². The first-order chi connectivity index (χ1) is 9.64. The van der Waals surface area contributed by atoms with Gasteiger partial charge in [0.15, 0.2) is 0 Å². The van der Waals surface area contributed by atoms with Crippen molar-refractivity contribution in [3.8, 4) is 0 Å². The summed E-state index contributed by atoms with van der Waals surface area (Å²) in [5.74, 6) is 1.88. The van der Waals surface area contributed by atoms with E-state index in [0.29, 0.717) is 5.41 Å². The van der Waals surface area contributed by atoms with Gasteiger partial charge in [-0.25, -0.2) is 4.98 Å². The number of nitrogens with one attached hydrogen (secondary N) is 1. The summed E-state index contributed by atoms with van der Waals surface area (Å²) in [5.41, 5.74) is 1.66. The molecule has 4 nitrogen and oxygen atoms in total. The summed E-state index contributed by atoms with van der Waals surface area (Å²) in [6, 6.07) is 0. The van der Waals surface area contributed by atoms with Gasteiger partial charge in [0.05, 0.1) is 0 Å². The predicted octanol–water partition coefficient (Wildman–Crippen LogP) is 3.62. The Morgan fingerprint density at radius 1 is 1.30 bits per heavy atom. The molecule has 0 aliphatic carbocycles. The maximum atomic E-state index is 4.73. The van der Waals surface area contributed by atoms with Gasteiger partial charge in [-0.2, -0.15) is 4.98 Å². The van der Waals surface area contributed by atoms with Crippen LogP contribution in [0.25, 0.3) is 0 Å². The lowest BCUT2D eigenvalue weighted by molar-refractivity contribution is 0.301. The van der Waals surface area contributed by atoms with Crippen LogP contribution < -0.4 is 10.2 Å². The summed E-state index contributed by atoms with van der Waals surface area (Å²) >= 11 is 0. The van der Waals surface area contributed by atoms with Crippen molar-refractivity contribution in [2.24, 2.45) is 5.41 Å². The van der Waals surface area contributed by atoms with E-state index in [4.69, 9.17) is 4.98 Å².